The lowest BCUT2D eigenvalue weighted by Gasteiger charge is -2.47. The SMILES string of the molecule is C[C@]1(CI)[C@@H]2CC[C@@]1(CI)C1(C2)OCCO1. The molecule has 16 heavy (non-hydrogen) atoms. The van der Waals surface area contributed by atoms with Crippen molar-refractivity contribution in [1.82, 2.24) is 0 Å². The number of hydrogen-bond donors (Lipinski definition) is 0. The zero-order valence-corrected chi connectivity index (χ0v) is 13.9. The van der Waals surface area contributed by atoms with E-state index in [9.17, 15) is 0 Å². The van der Waals surface area contributed by atoms with Gasteiger partial charge in [-0.2, -0.15) is 0 Å². The van der Waals surface area contributed by atoms with Gasteiger partial charge in [-0.25, -0.2) is 0 Å². The summed E-state index contributed by atoms with van der Waals surface area (Å²) in [5, 5.41) is 0. The van der Waals surface area contributed by atoms with Gasteiger partial charge in [0, 0.05) is 20.7 Å². The Hall–Kier alpha value is 1.38. The molecule has 0 aromatic heterocycles. The molecule has 1 spiro atoms. The Morgan fingerprint density at radius 2 is 1.88 bits per heavy atom. The van der Waals surface area contributed by atoms with Gasteiger partial charge in [0.15, 0.2) is 5.79 Å². The van der Waals surface area contributed by atoms with Crippen LogP contribution in [0.25, 0.3) is 0 Å². The van der Waals surface area contributed by atoms with E-state index in [0.29, 0.717) is 5.41 Å². The molecule has 2 bridgehead atoms. The molecule has 4 heteroatoms. The summed E-state index contributed by atoms with van der Waals surface area (Å²) >= 11 is 5.12. The monoisotopic (exact) mass is 448 g/mol. The van der Waals surface area contributed by atoms with Crippen molar-refractivity contribution in [2.24, 2.45) is 16.7 Å². The third kappa shape index (κ3) is 1.20. The van der Waals surface area contributed by atoms with Crippen molar-refractivity contribution in [1.29, 1.82) is 0 Å². The van der Waals surface area contributed by atoms with Crippen LogP contribution in [0.5, 0.6) is 0 Å². The fraction of sp³-hybridized carbons (Fsp3) is 1.00. The minimum atomic E-state index is -0.225. The maximum absolute atomic E-state index is 6.10. The van der Waals surface area contributed by atoms with Gasteiger partial charge in [0.1, 0.15) is 0 Å². The summed E-state index contributed by atoms with van der Waals surface area (Å²) in [5.74, 6) is 0.578. The summed E-state index contributed by atoms with van der Waals surface area (Å²) in [6, 6.07) is 0. The smallest absolute Gasteiger partial charge is 0.175 e. The minimum absolute atomic E-state index is 0.225. The molecule has 1 aliphatic heterocycles. The van der Waals surface area contributed by atoms with Gasteiger partial charge < -0.3 is 9.47 Å². The molecule has 3 atom stereocenters. The number of ether oxygens (including phenoxy) is 2. The Balaban J connectivity index is 2.07. The molecule has 0 N–H and O–H groups in total. The Kier molecular flexibility index (Phi) is 3.05. The van der Waals surface area contributed by atoms with E-state index in [-0.39, 0.29) is 11.2 Å². The van der Waals surface area contributed by atoms with E-state index in [0.717, 1.165) is 25.6 Å². The third-order valence-corrected chi connectivity index (χ3v) is 8.30. The van der Waals surface area contributed by atoms with Gasteiger partial charge in [0.05, 0.1) is 13.2 Å². The lowest BCUT2D eigenvalue weighted by molar-refractivity contribution is -0.233. The standard InChI is InChI=1S/C12H18I2O2/c1-10(7-13)9-2-3-11(10,8-14)12(6-9)15-4-5-16-12/h9H,2-8H2,1H3/t9-,10+,11+/m1/s1. The third-order valence-electron chi connectivity index (χ3n) is 5.42. The summed E-state index contributed by atoms with van der Waals surface area (Å²) in [6.45, 7) is 4.06. The summed E-state index contributed by atoms with van der Waals surface area (Å²) in [7, 11) is 0. The van der Waals surface area contributed by atoms with E-state index >= 15 is 0 Å². The Morgan fingerprint density at radius 1 is 1.19 bits per heavy atom. The predicted molar refractivity (Wildman–Crippen MR) is 80.3 cm³/mol. The maximum atomic E-state index is 6.10. The predicted octanol–water partition coefficient (Wildman–Crippen LogP) is 3.41. The lowest BCUT2D eigenvalue weighted by Crippen LogP contribution is -2.52. The van der Waals surface area contributed by atoms with E-state index in [2.05, 4.69) is 52.1 Å². The molecule has 2 aliphatic carbocycles. The fourth-order valence-corrected chi connectivity index (χ4v) is 7.48. The zero-order valence-electron chi connectivity index (χ0n) is 9.60. The van der Waals surface area contributed by atoms with Crippen molar-refractivity contribution in [3.8, 4) is 0 Å². The molecule has 0 aromatic carbocycles. The molecule has 3 fully saturated rings. The van der Waals surface area contributed by atoms with Gasteiger partial charge >= 0.3 is 0 Å². The molecule has 0 aromatic rings. The number of fused-ring (bicyclic) bond motifs is 3. The first-order valence-electron chi connectivity index (χ1n) is 6.04. The first-order valence-corrected chi connectivity index (χ1v) is 9.09. The van der Waals surface area contributed by atoms with Gasteiger partial charge in [-0.15, -0.1) is 0 Å². The van der Waals surface area contributed by atoms with Crippen molar-refractivity contribution < 1.29 is 9.47 Å². The van der Waals surface area contributed by atoms with Crippen LogP contribution in [-0.2, 0) is 9.47 Å². The molecule has 3 aliphatic rings. The van der Waals surface area contributed by atoms with Crippen LogP contribution in [0.1, 0.15) is 26.2 Å². The quantitative estimate of drug-likeness (QED) is 0.477. The highest BCUT2D eigenvalue weighted by molar-refractivity contribution is 14.1. The highest BCUT2D eigenvalue weighted by Crippen LogP contribution is 2.72. The Morgan fingerprint density at radius 3 is 2.44 bits per heavy atom. The fourth-order valence-electron chi connectivity index (χ4n) is 4.30. The van der Waals surface area contributed by atoms with E-state index < -0.39 is 0 Å². The normalized spacial score (nSPS) is 49.3. The van der Waals surface area contributed by atoms with E-state index in [4.69, 9.17) is 9.47 Å². The van der Waals surface area contributed by atoms with Crippen molar-refractivity contribution in [2.45, 2.75) is 32.0 Å². The molecule has 92 valence electrons. The second-order valence-corrected chi connectivity index (χ2v) is 7.18. The van der Waals surface area contributed by atoms with Crippen LogP contribution in [0.2, 0.25) is 0 Å². The molecule has 0 radical (unpaired) electrons. The molecule has 0 unspecified atom stereocenters. The maximum Gasteiger partial charge on any atom is 0.175 e. The van der Waals surface area contributed by atoms with Gasteiger partial charge in [0.25, 0.3) is 0 Å². The van der Waals surface area contributed by atoms with Gasteiger partial charge in [-0.1, -0.05) is 52.1 Å². The lowest BCUT2D eigenvalue weighted by atomic mass is 9.68. The van der Waals surface area contributed by atoms with Gasteiger partial charge in [-0.05, 0) is 24.2 Å². The number of alkyl halides is 2. The molecule has 2 saturated carbocycles. The zero-order chi connectivity index (χ0) is 11.4. The second kappa shape index (κ2) is 3.93. The van der Waals surface area contributed by atoms with Crippen LogP contribution in [0, 0.1) is 16.7 Å². The van der Waals surface area contributed by atoms with Crippen molar-refractivity contribution in [3.63, 3.8) is 0 Å². The summed E-state index contributed by atoms with van der Waals surface area (Å²) in [5.41, 5.74) is 0.683. The van der Waals surface area contributed by atoms with Crippen LogP contribution < -0.4 is 0 Å². The van der Waals surface area contributed by atoms with Crippen molar-refractivity contribution in [2.75, 3.05) is 22.1 Å². The topological polar surface area (TPSA) is 18.5 Å². The molecule has 1 saturated heterocycles. The van der Waals surface area contributed by atoms with Crippen molar-refractivity contribution in [3.05, 3.63) is 0 Å². The molecular weight excluding hydrogens is 430 g/mol. The average molecular weight is 448 g/mol. The Bertz CT molecular complexity index is 303. The Labute approximate surface area is 124 Å². The number of halogens is 2. The van der Waals surface area contributed by atoms with Crippen LogP contribution in [0.15, 0.2) is 0 Å². The number of hydrogen-bond acceptors (Lipinski definition) is 2. The second-order valence-electron chi connectivity index (χ2n) is 5.66. The van der Waals surface area contributed by atoms with Gasteiger partial charge in [0.2, 0.25) is 0 Å². The number of rotatable bonds is 2. The first kappa shape index (κ1) is 12.4. The molecule has 0 amide bonds. The van der Waals surface area contributed by atoms with E-state index in [1.807, 2.05) is 0 Å². The largest absolute Gasteiger partial charge is 0.347 e. The molecule has 2 nitrogen and oxygen atoms in total. The first-order chi connectivity index (χ1) is 7.64. The molecule has 1 heterocycles. The summed E-state index contributed by atoms with van der Waals surface area (Å²) < 4.78 is 14.6. The molecule has 3 rings (SSSR count). The highest BCUT2D eigenvalue weighted by Gasteiger charge is 2.74. The van der Waals surface area contributed by atoms with Crippen LogP contribution in [0.4, 0.5) is 0 Å². The van der Waals surface area contributed by atoms with Crippen LogP contribution in [0.3, 0.4) is 0 Å². The highest BCUT2D eigenvalue weighted by atomic mass is 127. The minimum Gasteiger partial charge on any atom is -0.347 e. The average Bonchev–Trinajstić information content (AvgIpc) is 2.92. The van der Waals surface area contributed by atoms with Crippen LogP contribution in [-0.4, -0.2) is 27.9 Å². The molecular formula is C12H18I2O2. The summed E-state index contributed by atoms with van der Waals surface area (Å²) in [4.78, 5) is 0. The summed E-state index contributed by atoms with van der Waals surface area (Å²) in [6.07, 6.45) is 3.80. The van der Waals surface area contributed by atoms with Gasteiger partial charge in [-0.3, -0.25) is 0 Å². The van der Waals surface area contributed by atoms with Crippen molar-refractivity contribution >= 4 is 45.2 Å². The van der Waals surface area contributed by atoms with Crippen LogP contribution >= 0.6 is 45.2 Å². The van der Waals surface area contributed by atoms with E-state index in [1.54, 1.807) is 0 Å². The van der Waals surface area contributed by atoms with E-state index in [1.165, 1.54) is 21.7 Å².